The van der Waals surface area contributed by atoms with Crippen LogP contribution in [-0.2, 0) is 4.79 Å². The summed E-state index contributed by atoms with van der Waals surface area (Å²) < 4.78 is 0. The first-order chi connectivity index (χ1) is 9.04. The van der Waals surface area contributed by atoms with Gasteiger partial charge in [-0.05, 0) is 37.5 Å². The molecule has 0 radical (unpaired) electrons. The summed E-state index contributed by atoms with van der Waals surface area (Å²) in [4.78, 5) is 14.0. The number of aliphatic hydroxyl groups excluding tert-OH is 1. The number of hydrogen-bond donors (Lipinski definition) is 3. The van der Waals surface area contributed by atoms with E-state index < -0.39 is 0 Å². The molecule has 1 heterocycles. The molecule has 2 rings (SSSR count). The monoisotopic (exact) mass is 263 g/mol. The summed E-state index contributed by atoms with van der Waals surface area (Å²) >= 11 is 0. The van der Waals surface area contributed by atoms with Gasteiger partial charge in [-0.3, -0.25) is 9.69 Å². The van der Waals surface area contributed by atoms with Crippen LogP contribution in [0.4, 0.5) is 11.4 Å². The van der Waals surface area contributed by atoms with Crippen LogP contribution in [-0.4, -0.2) is 41.7 Å². The Bertz CT molecular complexity index is 454. The molecule has 1 aliphatic heterocycles. The zero-order valence-electron chi connectivity index (χ0n) is 11.2. The number of nitrogens with one attached hydrogen (secondary N) is 1. The Morgan fingerprint density at radius 3 is 2.84 bits per heavy atom. The molecule has 0 saturated carbocycles. The standard InChI is InChI=1S/C14H21N3O2/c1-10-2-3-11(15)8-13(10)16-14(19)9-17-6-4-12(18)5-7-17/h2-3,8,12,18H,4-7,9,15H2,1H3,(H,16,19). The van der Waals surface area contributed by atoms with E-state index >= 15 is 0 Å². The lowest BCUT2D eigenvalue weighted by Crippen LogP contribution is -2.40. The molecule has 1 saturated heterocycles. The van der Waals surface area contributed by atoms with E-state index in [1.54, 1.807) is 6.07 Å². The number of nitrogen functional groups attached to an aromatic ring is 1. The van der Waals surface area contributed by atoms with E-state index in [2.05, 4.69) is 10.2 Å². The van der Waals surface area contributed by atoms with E-state index in [-0.39, 0.29) is 12.0 Å². The molecule has 0 unspecified atom stereocenters. The lowest BCUT2D eigenvalue weighted by atomic mass is 10.1. The SMILES string of the molecule is Cc1ccc(N)cc1NC(=O)CN1CCC(O)CC1. The van der Waals surface area contributed by atoms with Gasteiger partial charge in [-0.25, -0.2) is 0 Å². The number of hydrogen-bond acceptors (Lipinski definition) is 4. The maximum Gasteiger partial charge on any atom is 0.238 e. The van der Waals surface area contributed by atoms with Crippen molar-refractivity contribution >= 4 is 17.3 Å². The first kappa shape index (κ1) is 13.8. The van der Waals surface area contributed by atoms with E-state index in [1.807, 2.05) is 19.1 Å². The molecule has 1 fully saturated rings. The normalized spacial score (nSPS) is 17.4. The highest BCUT2D eigenvalue weighted by Gasteiger charge is 2.19. The number of carbonyl (C=O) groups excluding carboxylic acids is 1. The lowest BCUT2D eigenvalue weighted by molar-refractivity contribution is -0.117. The number of nitrogens with zero attached hydrogens (tertiary/aromatic N) is 1. The Labute approximate surface area is 113 Å². The molecule has 0 atom stereocenters. The second-order valence-electron chi connectivity index (χ2n) is 5.13. The molecular formula is C14H21N3O2. The molecule has 1 aliphatic rings. The van der Waals surface area contributed by atoms with Crippen molar-refractivity contribution in [3.63, 3.8) is 0 Å². The fourth-order valence-electron chi connectivity index (χ4n) is 2.24. The number of benzene rings is 1. The van der Waals surface area contributed by atoms with E-state index in [0.717, 1.165) is 37.2 Å². The fourth-order valence-corrected chi connectivity index (χ4v) is 2.24. The van der Waals surface area contributed by atoms with Gasteiger partial charge in [0.15, 0.2) is 0 Å². The third-order valence-corrected chi connectivity index (χ3v) is 3.46. The number of likely N-dealkylation sites (tertiary alicyclic amines) is 1. The topological polar surface area (TPSA) is 78.6 Å². The summed E-state index contributed by atoms with van der Waals surface area (Å²) in [6.45, 7) is 3.84. The summed E-state index contributed by atoms with van der Waals surface area (Å²) in [6, 6.07) is 5.48. The molecule has 1 aromatic rings. The van der Waals surface area contributed by atoms with Gasteiger partial charge in [0.2, 0.25) is 5.91 Å². The molecule has 0 bridgehead atoms. The van der Waals surface area contributed by atoms with Crippen LogP contribution >= 0.6 is 0 Å². The predicted octanol–water partition coefficient (Wildman–Crippen LogP) is 0.972. The number of nitrogens with two attached hydrogens (primary N) is 1. The van der Waals surface area contributed by atoms with Crippen molar-refractivity contribution in [2.24, 2.45) is 0 Å². The van der Waals surface area contributed by atoms with Crippen LogP contribution in [0.1, 0.15) is 18.4 Å². The van der Waals surface area contributed by atoms with Crippen LogP contribution in [0.5, 0.6) is 0 Å². The number of piperidine rings is 1. The van der Waals surface area contributed by atoms with Gasteiger partial charge >= 0.3 is 0 Å². The minimum absolute atomic E-state index is 0.0370. The van der Waals surface area contributed by atoms with Crippen molar-refractivity contribution in [1.29, 1.82) is 0 Å². The Balaban J connectivity index is 1.89. The van der Waals surface area contributed by atoms with Crippen LogP contribution < -0.4 is 11.1 Å². The lowest BCUT2D eigenvalue weighted by Gasteiger charge is -2.28. The first-order valence-corrected chi connectivity index (χ1v) is 6.61. The smallest absolute Gasteiger partial charge is 0.238 e. The third-order valence-electron chi connectivity index (χ3n) is 3.46. The number of amides is 1. The maximum absolute atomic E-state index is 12.0. The van der Waals surface area contributed by atoms with Crippen molar-refractivity contribution in [3.05, 3.63) is 23.8 Å². The van der Waals surface area contributed by atoms with Crippen LogP contribution in [0.15, 0.2) is 18.2 Å². The molecule has 0 spiro atoms. The number of rotatable bonds is 3. The first-order valence-electron chi connectivity index (χ1n) is 6.61. The molecule has 4 N–H and O–H groups in total. The van der Waals surface area contributed by atoms with Crippen LogP contribution in [0.3, 0.4) is 0 Å². The van der Waals surface area contributed by atoms with Crippen molar-refractivity contribution in [2.75, 3.05) is 30.7 Å². The number of carbonyl (C=O) groups is 1. The summed E-state index contributed by atoms with van der Waals surface area (Å²) in [5.74, 6) is -0.0370. The highest BCUT2D eigenvalue weighted by Crippen LogP contribution is 2.18. The van der Waals surface area contributed by atoms with Gasteiger partial charge in [-0.2, -0.15) is 0 Å². The van der Waals surface area contributed by atoms with Crippen molar-refractivity contribution < 1.29 is 9.90 Å². The van der Waals surface area contributed by atoms with Crippen LogP contribution in [0.2, 0.25) is 0 Å². The Kier molecular flexibility index (Phi) is 4.39. The zero-order valence-corrected chi connectivity index (χ0v) is 11.2. The largest absolute Gasteiger partial charge is 0.399 e. The quantitative estimate of drug-likeness (QED) is 0.710. The van der Waals surface area contributed by atoms with Gasteiger partial charge in [-0.1, -0.05) is 6.07 Å². The van der Waals surface area contributed by atoms with Crippen LogP contribution in [0.25, 0.3) is 0 Å². The Hall–Kier alpha value is -1.59. The second kappa shape index (κ2) is 6.04. The highest BCUT2D eigenvalue weighted by atomic mass is 16.3. The summed E-state index contributed by atoms with van der Waals surface area (Å²) in [7, 11) is 0. The molecule has 5 heteroatoms. The van der Waals surface area contributed by atoms with Gasteiger partial charge in [-0.15, -0.1) is 0 Å². The van der Waals surface area contributed by atoms with Gasteiger partial charge < -0.3 is 16.2 Å². The van der Waals surface area contributed by atoms with Gasteiger partial charge in [0.25, 0.3) is 0 Å². The molecule has 0 aliphatic carbocycles. The summed E-state index contributed by atoms with van der Waals surface area (Å²) in [5.41, 5.74) is 8.12. The molecule has 1 amide bonds. The third kappa shape index (κ3) is 3.94. The second-order valence-corrected chi connectivity index (χ2v) is 5.13. The summed E-state index contributed by atoms with van der Waals surface area (Å²) in [5, 5.41) is 12.3. The van der Waals surface area contributed by atoms with E-state index in [4.69, 9.17) is 5.73 Å². The highest BCUT2D eigenvalue weighted by molar-refractivity contribution is 5.93. The average Bonchev–Trinajstić information content (AvgIpc) is 2.37. The van der Waals surface area contributed by atoms with Gasteiger partial charge in [0.05, 0.1) is 12.6 Å². The molecule has 0 aromatic heterocycles. The minimum Gasteiger partial charge on any atom is -0.399 e. The Morgan fingerprint density at radius 2 is 2.16 bits per heavy atom. The molecule has 19 heavy (non-hydrogen) atoms. The van der Waals surface area contributed by atoms with Gasteiger partial charge in [0, 0.05) is 24.5 Å². The fraction of sp³-hybridized carbons (Fsp3) is 0.500. The minimum atomic E-state index is -0.213. The van der Waals surface area contributed by atoms with E-state index in [9.17, 15) is 9.90 Å². The molecular weight excluding hydrogens is 242 g/mol. The summed E-state index contributed by atoms with van der Waals surface area (Å²) in [6.07, 6.45) is 1.27. The molecule has 5 nitrogen and oxygen atoms in total. The van der Waals surface area contributed by atoms with Crippen molar-refractivity contribution in [2.45, 2.75) is 25.9 Å². The number of aliphatic hydroxyl groups is 1. The van der Waals surface area contributed by atoms with E-state index in [0.29, 0.717) is 12.2 Å². The maximum atomic E-state index is 12.0. The zero-order chi connectivity index (χ0) is 13.8. The number of anilines is 2. The molecule has 1 aromatic carbocycles. The van der Waals surface area contributed by atoms with E-state index in [1.165, 1.54) is 0 Å². The average molecular weight is 263 g/mol. The van der Waals surface area contributed by atoms with Gasteiger partial charge in [0.1, 0.15) is 0 Å². The van der Waals surface area contributed by atoms with Crippen LogP contribution in [0, 0.1) is 6.92 Å². The predicted molar refractivity (Wildman–Crippen MR) is 75.9 cm³/mol. The number of aryl methyl sites for hydroxylation is 1. The van der Waals surface area contributed by atoms with Crippen molar-refractivity contribution in [1.82, 2.24) is 4.90 Å². The van der Waals surface area contributed by atoms with Crippen molar-refractivity contribution in [3.8, 4) is 0 Å². The molecule has 104 valence electrons. The Morgan fingerprint density at radius 1 is 1.47 bits per heavy atom.